The molecule has 0 aliphatic rings. The summed E-state index contributed by atoms with van der Waals surface area (Å²) in [4.78, 5) is 12.6. The number of benzene rings is 3. The van der Waals surface area contributed by atoms with Gasteiger partial charge in [-0.25, -0.2) is 0 Å². The molecule has 6 nitrogen and oxygen atoms in total. The van der Waals surface area contributed by atoms with E-state index >= 15 is 0 Å². The molecule has 0 radical (unpaired) electrons. The van der Waals surface area contributed by atoms with E-state index in [1.807, 2.05) is 54.9 Å². The number of hydrogen-bond donors (Lipinski definition) is 1. The Hall–Kier alpha value is -3.32. The molecule has 0 atom stereocenters. The zero-order valence-corrected chi connectivity index (χ0v) is 20.2. The first kappa shape index (κ1) is 22.9. The van der Waals surface area contributed by atoms with E-state index in [2.05, 4.69) is 47.6 Å². The first-order valence-corrected chi connectivity index (χ1v) is 12.0. The average Bonchev–Trinajstić information content (AvgIpc) is 3.18. The van der Waals surface area contributed by atoms with E-state index in [-0.39, 0.29) is 11.7 Å². The molecule has 0 unspecified atom stereocenters. The summed E-state index contributed by atoms with van der Waals surface area (Å²) in [6.45, 7) is 6.46. The summed E-state index contributed by atoms with van der Waals surface area (Å²) in [6.07, 6.45) is 0.869. The lowest BCUT2D eigenvalue weighted by Gasteiger charge is -2.13. The van der Waals surface area contributed by atoms with Crippen LogP contribution in [0.25, 0.3) is 10.8 Å². The minimum Gasteiger partial charge on any atom is -0.485 e. The summed E-state index contributed by atoms with van der Waals surface area (Å²) in [5, 5.41) is 14.6. The number of thioether (sulfide) groups is 1. The van der Waals surface area contributed by atoms with Gasteiger partial charge in [0.15, 0.2) is 11.0 Å². The zero-order chi connectivity index (χ0) is 23.4. The third-order valence-corrected chi connectivity index (χ3v) is 6.79. The first-order chi connectivity index (χ1) is 16.0. The number of anilines is 1. The smallest absolute Gasteiger partial charge is 0.234 e. The van der Waals surface area contributed by atoms with Gasteiger partial charge in [0.2, 0.25) is 5.91 Å². The van der Waals surface area contributed by atoms with Crippen molar-refractivity contribution in [3.8, 4) is 5.75 Å². The van der Waals surface area contributed by atoms with Crippen LogP contribution in [0.2, 0.25) is 0 Å². The topological polar surface area (TPSA) is 69.0 Å². The van der Waals surface area contributed by atoms with Crippen LogP contribution in [0, 0.1) is 13.8 Å². The monoisotopic (exact) mass is 460 g/mol. The van der Waals surface area contributed by atoms with Crippen molar-refractivity contribution in [2.45, 2.75) is 39.0 Å². The number of rotatable bonds is 8. The highest BCUT2D eigenvalue weighted by molar-refractivity contribution is 7.99. The van der Waals surface area contributed by atoms with Crippen molar-refractivity contribution in [3.05, 3.63) is 77.1 Å². The molecule has 33 heavy (non-hydrogen) atoms. The number of ether oxygens (including phenoxy) is 1. The van der Waals surface area contributed by atoms with E-state index in [9.17, 15) is 4.79 Å². The number of carbonyl (C=O) groups is 1. The molecule has 0 saturated heterocycles. The van der Waals surface area contributed by atoms with Crippen LogP contribution in [-0.4, -0.2) is 26.4 Å². The third-order valence-electron chi connectivity index (χ3n) is 5.77. The van der Waals surface area contributed by atoms with E-state index in [1.54, 1.807) is 0 Å². The first-order valence-electron chi connectivity index (χ1n) is 11.0. The molecule has 4 rings (SSSR count). The molecule has 1 amide bonds. The van der Waals surface area contributed by atoms with Crippen LogP contribution in [0.15, 0.2) is 59.8 Å². The summed E-state index contributed by atoms with van der Waals surface area (Å²) >= 11 is 1.36. The molecule has 0 aliphatic heterocycles. The maximum absolute atomic E-state index is 12.6. The molecule has 0 bridgehead atoms. The van der Waals surface area contributed by atoms with Gasteiger partial charge in [-0.05, 0) is 53.8 Å². The van der Waals surface area contributed by atoms with Gasteiger partial charge in [-0.2, -0.15) is 0 Å². The van der Waals surface area contributed by atoms with Gasteiger partial charge in [0.1, 0.15) is 12.4 Å². The summed E-state index contributed by atoms with van der Waals surface area (Å²) in [6, 6.07) is 18.4. The number of carbonyl (C=O) groups excluding carboxylic acids is 1. The highest BCUT2D eigenvalue weighted by Crippen LogP contribution is 2.28. The van der Waals surface area contributed by atoms with Crippen molar-refractivity contribution in [1.29, 1.82) is 0 Å². The molecule has 170 valence electrons. The fourth-order valence-electron chi connectivity index (χ4n) is 3.81. The summed E-state index contributed by atoms with van der Waals surface area (Å²) < 4.78 is 7.93. The van der Waals surface area contributed by atoms with Crippen molar-refractivity contribution in [1.82, 2.24) is 14.8 Å². The molecule has 7 heteroatoms. The maximum Gasteiger partial charge on any atom is 0.234 e. The van der Waals surface area contributed by atoms with Crippen LogP contribution in [0.5, 0.6) is 5.75 Å². The predicted octanol–water partition coefficient (Wildman–Crippen LogP) is 5.46. The van der Waals surface area contributed by atoms with Gasteiger partial charge in [-0.15, -0.1) is 10.2 Å². The van der Waals surface area contributed by atoms with E-state index in [0.29, 0.717) is 17.6 Å². The molecule has 4 aromatic rings. The van der Waals surface area contributed by atoms with E-state index < -0.39 is 0 Å². The Balaban J connectivity index is 1.37. The third kappa shape index (κ3) is 5.03. The van der Waals surface area contributed by atoms with Gasteiger partial charge in [-0.1, -0.05) is 67.2 Å². The normalized spacial score (nSPS) is 11.0. The number of aryl methyl sites for hydroxylation is 3. The highest BCUT2D eigenvalue weighted by Gasteiger charge is 2.14. The van der Waals surface area contributed by atoms with Gasteiger partial charge in [-0.3, -0.25) is 4.79 Å². The van der Waals surface area contributed by atoms with Crippen LogP contribution < -0.4 is 10.1 Å². The van der Waals surface area contributed by atoms with Crippen molar-refractivity contribution in [3.63, 3.8) is 0 Å². The van der Waals surface area contributed by atoms with Gasteiger partial charge in [0, 0.05) is 12.7 Å². The number of hydrogen-bond acceptors (Lipinski definition) is 5. The van der Waals surface area contributed by atoms with Gasteiger partial charge >= 0.3 is 0 Å². The van der Waals surface area contributed by atoms with Crippen LogP contribution in [0.4, 0.5) is 5.69 Å². The molecule has 0 fully saturated rings. The standard InChI is InChI=1S/C26H28N4O2S/c1-5-19-11-8-9-17(2)25(19)27-24(31)16-33-26-29-28-23(30(26)4)15-32-22-14-13-20-10-6-7-12-21(20)18(22)3/h6-14H,5,15-16H2,1-4H3,(H,27,31). The van der Waals surface area contributed by atoms with Crippen LogP contribution >= 0.6 is 11.8 Å². The molecular weight excluding hydrogens is 432 g/mol. The Labute approximate surface area is 198 Å². The number of amides is 1. The molecule has 0 aliphatic carbocycles. The lowest BCUT2D eigenvalue weighted by atomic mass is 10.0. The lowest BCUT2D eigenvalue weighted by Crippen LogP contribution is -2.16. The van der Waals surface area contributed by atoms with E-state index in [0.717, 1.165) is 34.5 Å². The van der Waals surface area contributed by atoms with E-state index in [4.69, 9.17) is 4.74 Å². The largest absolute Gasteiger partial charge is 0.485 e. The second kappa shape index (κ2) is 10.1. The molecule has 1 N–H and O–H groups in total. The lowest BCUT2D eigenvalue weighted by molar-refractivity contribution is -0.113. The summed E-state index contributed by atoms with van der Waals surface area (Å²) in [7, 11) is 1.89. The number of fused-ring (bicyclic) bond motifs is 1. The van der Waals surface area contributed by atoms with Crippen molar-refractivity contribution < 1.29 is 9.53 Å². The number of nitrogens with zero attached hydrogens (tertiary/aromatic N) is 3. The van der Waals surface area contributed by atoms with E-state index in [1.165, 1.54) is 22.5 Å². The van der Waals surface area contributed by atoms with Crippen molar-refractivity contribution in [2.75, 3.05) is 11.1 Å². The minimum atomic E-state index is -0.0587. The van der Waals surface area contributed by atoms with Crippen LogP contribution in [0.3, 0.4) is 0 Å². The second-order valence-electron chi connectivity index (χ2n) is 7.96. The van der Waals surface area contributed by atoms with Gasteiger partial charge < -0.3 is 14.6 Å². The predicted molar refractivity (Wildman–Crippen MR) is 134 cm³/mol. The quantitative estimate of drug-likeness (QED) is 0.354. The summed E-state index contributed by atoms with van der Waals surface area (Å²) in [5.74, 6) is 1.73. The average molecular weight is 461 g/mol. The molecule has 0 saturated carbocycles. The zero-order valence-electron chi connectivity index (χ0n) is 19.4. The molecule has 0 spiro atoms. The van der Waals surface area contributed by atoms with Crippen LogP contribution in [-0.2, 0) is 24.9 Å². The van der Waals surface area contributed by atoms with Gasteiger partial charge in [0.25, 0.3) is 0 Å². The fraction of sp³-hybridized carbons (Fsp3) is 0.269. The summed E-state index contributed by atoms with van der Waals surface area (Å²) in [5.41, 5.74) is 4.21. The number of nitrogens with one attached hydrogen (secondary N) is 1. The Morgan fingerprint density at radius 3 is 2.70 bits per heavy atom. The maximum atomic E-state index is 12.6. The highest BCUT2D eigenvalue weighted by atomic mass is 32.2. The molecule has 3 aromatic carbocycles. The fourth-order valence-corrected chi connectivity index (χ4v) is 4.54. The van der Waals surface area contributed by atoms with Crippen LogP contribution in [0.1, 0.15) is 29.4 Å². The van der Waals surface area contributed by atoms with Gasteiger partial charge in [0.05, 0.1) is 5.75 Å². The Bertz CT molecular complexity index is 1300. The molecular formula is C26H28N4O2S. The SMILES string of the molecule is CCc1cccc(C)c1NC(=O)CSc1nnc(COc2ccc3ccccc3c2C)n1C. The van der Waals surface area contributed by atoms with Crippen molar-refractivity contribution in [2.24, 2.45) is 7.05 Å². The van der Waals surface area contributed by atoms with Crippen molar-refractivity contribution >= 4 is 34.1 Å². The Morgan fingerprint density at radius 2 is 1.88 bits per heavy atom. The molecule has 1 heterocycles. The Morgan fingerprint density at radius 1 is 1.06 bits per heavy atom. The number of aromatic nitrogens is 3. The second-order valence-corrected chi connectivity index (χ2v) is 8.90. The number of para-hydroxylation sites is 1. The Kier molecular flexibility index (Phi) is 6.99. The molecule has 1 aromatic heterocycles. The minimum absolute atomic E-state index is 0.0587.